The SMILES string of the molecule is CCCCOC1C(NC)[C@@H](OC)OC(COCc2ccc(OC)cc2)[C@H]1O. The molecule has 154 valence electrons. The number of aliphatic hydroxyl groups is 1. The van der Waals surface area contributed by atoms with Gasteiger partial charge in [-0.3, -0.25) is 0 Å². The van der Waals surface area contributed by atoms with Gasteiger partial charge in [0.1, 0.15) is 24.1 Å². The number of aliphatic hydroxyl groups excluding tert-OH is 1. The van der Waals surface area contributed by atoms with Crippen molar-refractivity contribution in [3.63, 3.8) is 0 Å². The van der Waals surface area contributed by atoms with E-state index in [0.29, 0.717) is 13.2 Å². The van der Waals surface area contributed by atoms with E-state index in [1.54, 1.807) is 14.2 Å². The lowest BCUT2D eigenvalue weighted by Crippen LogP contribution is -2.64. The van der Waals surface area contributed by atoms with E-state index in [9.17, 15) is 5.11 Å². The fourth-order valence-electron chi connectivity index (χ4n) is 3.14. The van der Waals surface area contributed by atoms with Gasteiger partial charge in [0.15, 0.2) is 6.29 Å². The third-order valence-electron chi connectivity index (χ3n) is 4.76. The summed E-state index contributed by atoms with van der Waals surface area (Å²) in [5.74, 6) is 0.804. The van der Waals surface area contributed by atoms with E-state index in [2.05, 4.69) is 12.2 Å². The van der Waals surface area contributed by atoms with Gasteiger partial charge in [0.05, 0.1) is 26.4 Å². The van der Waals surface area contributed by atoms with Gasteiger partial charge in [-0.1, -0.05) is 25.5 Å². The lowest BCUT2D eigenvalue weighted by Gasteiger charge is -2.44. The molecule has 0 aliphatic carbocycles. The molecule has 0 saturated carbocycles. The summed E-state index contributed by atoms with van der Waals surface area (Å²) in [5, 5.41) is 13.9. The summed E-state index contributed by atoms with van der Waals surface area (Å²) in [6, 6.07) is 7.42. The molecule has 2 rings (SSSR count). The summed E-state index contributed by atoms with van der Waals surface area (Å²) in [6.07, 6.45) is -0.289. The molecule has 0 amide bonds. The standard InChI is InChI=1S/C20H33NO6/c1-5-6-11-26-19-17(21-2)20(24-4)27-16(18(19)22)13-25-12-14-7-9-15(23-3)10-8-14/h7-10,16-22H,5-6,11-13H2,1-4H3/t16?,17?,18-,19?,20+/m1/s1. The number of nitrogens with one attached hydrogen (secondary N) is 1. The molecule has 5 atom stereocenters. The molecule has 1 aliphatic heterocycles. The normalized spacial score (nSPS) is 28.3. The quantitative estimate of drug-likeness (QED) is 0.563. The van der Waals surface area contributed by atoms with Gasteiger partial charge in [0, 0.05) is 13.7 Å². The summed E-state index contributed by atoms with van der Waals surface area (Å²) in [4.78, 5) is 0. The van der Waals surface area contributed by atoms with Crippen LogP contribution < -0.4 is 10.1 Å². The van der Waals surface area contributed by atoms with Gasteiger partial charge >= 0.3 is 0 Å². The van der Waals surface area contributed by atoms with E-state index in [-0.39, 0.29) is 12.6 Å². The first kappa shape index (κ1) is 22.1. The van der Waals surface area contributed by atoms with E-state index >= 15 is 0 Å². The monoisotopic (exact) mass is 383 g/mol. The van der Waals surface area contributed by atoms with Crippen LogP contribution >= 0.6 is 0 Å². The predicted octanol–water partition coefficient (Wildman–Crippen LogP) is 1.72. The Labute approximate surface area is 161 Å². The molecule has 1 heterocycles. The van der Waals surface area contributed by atoms with E-state index < -0.39 is 24.6 Å². The zero-order valence-corrected chi connectivity index (χ0v) is 16.7. The first-order chi connectivity index (χ1) is 13.1. The van der Waals surface area contributed by atoms with Crippen LogP contribution in [0.5, 0.6) is 5.75 Å². The van der Waals surface area contributed by atoms with Crippen molar-refractivity contribution in [3.05, 3.63) is 29.8 Å². The summed E-state index contributed by atoms with van der Waals surface area (Å²) in [5.41, 5.74) is 1.02. The maximum atomic E-state index is 10.8. The zero-order chi connectivity index (χ0) is 19.6. The Morgan fingerprint density at radius 2 is 1.93 bits per heavy atom. The zero-order valence-electron chi connectivity index (χ0n) is 16.7. The molecular formula is C20H33NO6. The molecule has 1 aromatic rings. The number of methoxy groups -OCH3 is 2. The van der Waals surface area contributed by atoms with Crippen LogP contribution in [0.4, 0.5) is 0 Å². The Kier molecular flexibility index (Phi) is 9.47. The smallest absolute Gasteiger partial charge is 0.175 e. The van der Waals surface area contributed by atoms with Crippen molar-refractivity contribution in [3.8, 4) is 5.75 Å². The van der Waals surface area contributed by atoms with E-state index in [1.807, 2.05) is 31.3 Å². The lowest BCUT2D eigenvalue weighted by molar-refractivity contribution is -0.273. The fraction of sp³-hybridized carbons (Fsp3) is 0.700. The van der Waals surface area contributed by atoms with Crippen LogP contribution in [0.15, 0.2) is 24.3 Å². The molecule has 1 fully saturated rings. The number of rotatable bonds is 11. The largest absolute Gasteiger partial charge is 0.497 e. The van der Waals surface area contributed by atoms with Crippen LogP contribution in [0.2, 0.25) is 0 Å². The fourth-order valence-corrected chi connectivity index (χ4v) is 3.14. The predicted molar refractivity (Wildman–Crippen MR) is 102 cm³/mol. The van der Waals surface area contributed by atoms with Gasteiger partial charge in [-0.05, 0) is 31.2 Å². The van der Waals surface area contributed by atoms with Gasteiger partial charge in [-0.15, -0.1) is 0 Å². The van der Waals surface area contributed by atoms with Crippen LogP contribution in [-0.4, -0.2) is 70.2 Å². The van der Waals surface area contributed by atoms with E-state index in [4.69, 9.17) is 23.7 Å². The maximum Gasteiger partial charge on any atom is 0.175 e. The average molecular weight is 383 g/mol. The number of likely N-dealkylation sites (N-methyl/N-ethyl adjacent to an activating group) is 1. The second-order valence-electron chi connectivity index (χ2n) is 6.64. The van der Waals surface area contributed by atoms with Gasteiger partial charge < -0.3 is 34.1 Å². The Morgan fingerprint density at radius 3 is 2.52 bits per heavy atom. The lowest BCUT2D eigenvalue weighted by atomic mass is 9.96. The minimum atomic E-state index is -0.804. The Bertz CT molecular complexity index is 526. The molecule has 0 aromatic heterocycles. The number of unbranched alkanes of at least 4 members (excludes halogenated alkanes) is 1. The van der Waals surface area contributed by atoms with Crippen molar-refractivity contribution in [2.45, 2.75) is 57.0 Å². The molecule has 1 aromatic carbocycles. The first-order valence-electron chi connectivity index (χ1n) is 9.50. The van der Waals surface area contributed by atoms with Crippen LogP contribution in [-0.2, 0) is 25.6 Å². The molecule has 7 nitrogen and oxygen atoms in total. The highest BCUT2D eigenvalue weighted by atomic mass is 16.7. The van der Waals surface area contributed by atoms with Crippen LogP contribution in [0.1, 0.15) is 25.3 Å². The summed E-state index contributed by atoms with van der Waals surface area (Å²) in [7, 11) is 5.03. The van der Waals surface area contributed by atoms with E-state index in [1.165, 1.54) is 0 Å². The van der Waals surface area contributed by atoms with Crippen molar-refractivity contribution in [1.82, 2.24) is 5.32 Å². The van der Waals surface area contributed by atoms with Crippen molar-refractivity contribution in [1.29, 1.82) is 0 Å². The second-order valence-corrected chi connectivity index (χ2v) is 6.64. The van der Waals surface area contributed by atoms with Crippen molar-refractivity contribution in [2.75, 3.05) is 34.5 Å². The first-order valence-corrected chi connectivity index (χ1v) is 9.50. The van der Waals surface area contributed by atoms with Gasteiger partial charge in [0.25, 0.3) is 0 Å². The third kappa shape index (κ3) is 6.14. The summed E-state index contributed by atoms with van der Waals surface area (Å²) in [6.45, 7) is 3.36. The molecule has 0 radical (unpaired) electrons. The minimum Gasteiger partial charge on any atom is -0.497 e. The van der Waals surface area contributed by atoms with Crippen molar-refractivity contribution in [2.24, 2.45) is 0 Å². The number of hydrogen-bond donors (Lipinski definition) is 2. The highest BCUT2D eigenvalue weighted by molar-refractivity contribution is 5.26. The Morgan fingerprint density at radius 1 is 1.19 bits per heavy atom. The van der Waals surface area contributed by atoms with Crippen molar-refractivity contribution >= 4 is 0 Å². The molecule has 1 saturated heterocycles. The average Bonchev–Trinajstić information content (AvgIpc) is 2.70. The molecule has 2 N–H and O–H groups in total. The number of ether oxygens (including phenoxy) is 5. The van der Waals surface area contributed by atoms with Gasteiger partial charge in [-0.25, -0.2) is 0 Å². The van der Waals surface area contributed by atoms with Crippen LogP contribution in [0, 0.1) is 0 Å². The molecule has 0 bridgehead atoms. The number of hydrogen-bond acceptors (Lipinski definition) is 7. The van der Waals surface area contributed by atoms with Gasteiger partial charge in [-0.2, -0.15) is 0 Å². The molecule has 1 aliphatic rings. The van der Waals surface area contributed by atoms with Crippen molar-refractivity contribution < 1.29 is 28.8 Å². The Balaban J connectivity index is 1.93. The Hall–Kier alpha value is -1.22. The molecule has 27 heavy (non-hydrogen) atoms. The minimum absolute atomic E-state index is 0.247. The number of benzene rings is 1. The van der Waals surface area contributed by atoms with Gasteiger partial charge in [0.2, 0.25) is 0 Å². The molecule has 7 heteroatoms. The highest BCUT2D eigenvalue weighted by Gasteiger charge is 2.45. The van der Waals surface area contributed by atoms with Crippen LogP contribution in [0.3, 0.4) is 0 Å². The summed E-state index contributed by atoms with van der Waals surface area (Å²) >= 11 is 0. The highest BCUT2D eigenvalue weighted by Crippen LogP contribution is 2.25. The van der Waals surface area contributed by atoms with E-state index in [0.717, 1.165) is 24.2 Å². The molecule has 3 unspecified atom stereocenters. The van der Waals surface area contributed by atoms with Crippen LogP contribution in [0.25, 0.3) is 0 Å². The summed E-state index contributed by atoms with van der Waals surface area (Å²) < 4.78 is 28.2. The third-order valence-corrected chi connectivity index (χ3v) is 4.76. The second kappa shape index (κ2) is 11.6. The topological polar surface area (TPSA) is 78.4 Å². The molecular weight excluding hydrogens is 350 g/mol. The molecule has 0 spiro atoms. The maximum absolute atomic E-state index is 10.8.